The molecule has 1 rings (SSSR count). The Bertz CT molecular complexity index is 437. The normalized spacial score (nSPS) is 12.1. The molecule has 1 atom stereocenters. The summed E-state index contributed by atoms with van der Waals surface area (Å²) in [5.74, 6) is 0.144. The molecule has 0 amide bonds. The Morgan fingerprint density at radius 1 is 1.53 bits per heavy atom. The van der Waals surface area contributed by atoms with Gasteiger partial charge in [-0.2, -0.15) is 0 Å². The maximum Gasteiger partial charge on any atom is 0.338 e. The van der Waals surface area contributed by atoms with Crippen LogP contribution in [-0.4, -0.2) is 33.3 Å². The molecule has 0 aliphatic heterocycles. The quantitative estimate of drug-likeness (QED) is 0.844. The first-order chi connectivity index (χ1) is 8.06. The third-order valence-electron chi connectivity index (χ3n) is 2.19. The second-order valence-electron chi connectivity index (χ2n) is 3.33. The van der Waals surface area contributed by atoms with E-state index in [1.807, 2.05) is 6.92 Å². The summed E-state index contributed by atoms with van der Waals surface area (Å²) in [4.78, 5) is 11.1. The number of carboxylic acid groups (broad SMARTS) is 1. The Labute approximate surface area is 111 Å². The summed E-state index contributed by atoms with van der Waals surface area (Å²) in [5, 5.41) is 12.1. The summed E-state index contributed by atoms with van der Waals surface area (Å²) in [7, 11) is -0.845. The van der Waals surface area contributed by atoms with Gasteiger partial charge in [-0.15, -0.1) is 0 Å². The van der Waals surface area contributed by atoms with Crippen LogP contribution in [0.5, 0.6) is 0 Å². The summed E-state index contributed by atoms with van der Waals surface area (Å²) < 4.78 is 11.8. The zero-order valence-electron chi connectivity index (χ0n) is 9.40. The lowest BCUT2D eigenvalue weighted by Crippen LogP contribution is -2.14. The highest BCUT2D eigenvalue weighted by Crippen LogP contribution is 2.24. The van der Waals surface area contributed by atoms with Crippen molar-refractivity contribution >= 4 is 38.4 Å². The van der Waals surface area contributed by atoms with Crippen molar-refractivity contribution < 1.29 is 14.1 Å². The van der Waals surface area contributed by atoms with Crippen LogP contribution in [0.15, 0.2) is 22.7 Å². The van der Waals surface area contributed by atoms with Crippen molar-refractivity contribution in [3.05, 3.63) is 28.2 Å². The van der Waals surface area contributed by atoms with Crippen molar-refractivity contribution in [2.75, 3.05) is 23.4 Å². The first kappa shape index (κ1) is 14.2. The molecule has 94 valence electrons. The molecule has 6 heteroatoms. The Balaban J connectivity index is 2.74. The Morgan fingerprint density at radius 3 is 2.82 bits per heavy atom. The molecule has 1 unspecified atom stereocenters. The molecule has 1 aromatic rings. The Morgan fingerprint density at radius 2 is 2.24 bits per heavy atom. The molecule has 0 aliphatic carbocycles. The molecular formula is C11H14BrNO3S. The van der Waals surface area contributed by atoms with E-state index >= 15 is 0 Å². The van der Waals surface area contributed by atoms with E-state index in [1.165, 1.54) is 0 Å². The number of nitrogens with one attached hydrogen (secondary N) is 1. The number of aromatic carboxylic acids is 1. The van der Waals surface area contributed by atoms with Gasteiger partial charge in [0.2, 0.25) is 0 Å². The predicted octanol–water partition coefficient (Wildman–Crippen LogP) is 2.33. The molecule has 2 N–H and O–H groups in total. The number of rotatable bonds is 6. The van der Waals surface area contributed by atoms with Crippen LogP contribution in [0.1, 0.15) is 17.3 Å². The van der Waals surface area contributed by atoms with E-state index in [0.29, 0.717) is 28.2 Å². The van der Waals surface area contributed by atoms with E-state index in [1.54, 1.807) is 18.2 Å². The van der Waals surface area contributed by atoms with E-state index < -0.39 is 16.8 Å². The number of hydrogen-bond acceptors (Lipinski definition) is 3. The van der Waals surface area contributed by atoms with E-state index in [4.69, 9.17) is 5.11 Å². The Kier molecular flexibility index (Phi) is 5.64. The number of carboxylic acids is 1. The fourth-order valence-corrected chi connectivity index (χ4v) is 2.49. The molecule has 0 bridgehead atoms. The highest BCUT2D eigenvalue weighted by molar-refractivity contribution is 9.10. The number of carbonyl (C=O) groups is 1. The average Bonchev–Trinajstić information content (AvgIpc) is 2.28. The van der Waals surface area contributed by atoms with Crippen molar-refractivity contribution in [2.24, 2.45) is 0 Å². The topological polar surface area (TPSA) is 66.4 Å². The highest BCUT2D eigenvalue weighted by atomic mass is 79.9. The van der Waals surface area contributed by atoms with Gasteiger partial charge in [0.1, 0.15) is 0 Å². The molecule has 0 saturated carbocycles. The van der Waals surface area contributed by atoms with Gasteiger partial charge in [0, 0.05) is 39.0 Å². The van der Waals surface area contributed by atoms with Crippen LogP contribution in [0, 0.1) is 0 Å². The van der Waals surface area contributed by atoms with E-state index in [0.717, 1.165) is 0 Å². The van der Waals surface area contributed by atoms with Gasteiger partial charge in [-0.05, 0) is 28.1 Å². The average molecular weight is 320 g/mol. The van der Waals surface area contributed by atoms with Crippen LogP contribution in [0.4, 0.5) is 5.69 Å². The fourth-order valence-electron chi connectivity index (χ4n) is 1.33. The third-order valence-corrected chi connectivity index (χ3v) is 4.16. The monoisotopic (exact) mass is 319 g/mol. The molecule has 0 fully saturated rings. The Hall–Kier alpha value is -0.880. The molecular weight excluding hydrogens is 306 g/mol. The summed E-state index contributed by atoms with van der Waals surface area (Å²) in [6.45, 7) is 2.36. The van der Waals surface area contributed by atoms with Gasteiger partial charge in [0.05, 0.1) is 5.56 Å². The molecule has 4 nitrogen and oxygen atoms in total. The lowest BCUT2D eigenvalue weighted by molar-refractivity contribution is 0.0697. The van der Waals surface area contributed by atoms with Crippen molar-refractivity contribution in [3.8, 4) is 0 Å². The van der Waals surface area contributed by atoms with Crippen LogP contribution < -0.4 is 5.32 Å². The number of hydrogen-bond donors (Lipinski definition) is 2. The highest BCUT2D eigenvalue weighted by Gasteiger charge is 2.13. The zero-order chi connectivity index (χ0) is 12.8. The van der Waals surface area contributed by atoms with Gasteiger partial charge >= 0.3 is 5.97 Å². The smallest absolute Gasteiger partial charge is 0.338 e. The van der Waals surface area contributed by atoms with Crippen LogP contribution in [0.2, 0.25) is 0 Å². The minimum atomic E-state index is -0.989. The SMILES string of the molecule is CCS(=O)CCNc1cccc(Br)c1C(=O)O. The standard InChI is InChI=1S/C11H14BrNO3S/c1-2-17(16)7-6-13-9-5-3-4-8(12)10(9)11(14)15/h3-5,13H,2,6-7H2,1H3,(H,14,15). The summed E-state index contributed by atoms with van der Waals surface area (Å²) in [5.41, 5.74) is 0.745. The maximum absolute atomic E-state index is 11.2. The molecule has 0 aromatic heterocycles. The largest absolute Gasteiger partial charge is 0.478 e. The van der Waals surface area contributed by atoms with Crippen molar-refractivity contribution in [3.63, 3.8) is 0 Å². The lowest BCUT2D eigenvalue weighted by atomic mass is 10.2. The maximum atomic E-state index is 11.2. The number of anilines is 1. The van der Waals surface area contributed by atoms with E-state index in [2.05, 4.69) is 21.2 Å². The van der Waals surface area contributed by atoms with Crippen molar-refractivity contribution in [1.82, 2.24) is 0 Å². The summed E-state index contributed by atoms with van der Waals surface area (Å²) >= 11 is 3.20. The van der Waals surface area contributed by atoms with E-state index in [9.17, 15) is 9.00 Å². The van der Waals surface area contributed by atoms with Crippen LogP contribution in [-0.2, 0) is 10.8 Å². The second-order valence-corrected chi connectivity index (χ2v) is 6.05. The minimum Gasteiger partial charge on any atom is -0.478 e. The van der Waals surface area contributed by atoms with Gasteiger partial charge in [0.15, 0.2) is 0 Å². The van der Waals surface area contributed by atoms with Gasteiger partial charge < -0.3 is 10.4 Å². The lowest BCUT2D eigenvalue weighted by Gasteiger charge is -2.10. The predicted molar refractivity (Wildman–Crippen MR) is 73.1 cm³/mol. The van der Waals surface area contributed by atoms with Crippen LogP contribution in [0.3, 0.4) is 0 Å². The van der Waals surface area contributed by atoms with Gasteiger partial charge in [0.25, 0.3) is 0 Å². The summed E-state index contributed by atoms with van der Waals surface area (Å²) in [6, 6.07) is 5.14. The second kappa shape index (κ2) is 6.76. The molecule has 0 heterocycles. The zero-order valence-corrected chi connectivity index (χ0v) is 11.8. The van der Waals surface area contributed by atoms with Crippen LogP contribution in [0.25, 0.3) is 0 Å². The van der Waals surface area contributed by atoms with Crippen molar-refractivity contribution in [2.45, 2.75) is 6.92 Å². The molecule has 0 radical (unpaired) electrons. The molecule has 0 aliphatic rings. The molecule has 17 heavy (non-hydrogen) atoms. The van der Waals surface area contributed by atoms with Crippen molar-refractivity contribution in [1.29, 1.82) is 0 Å². The van der Waals surface area contributed by atoms with E-state index in [-0.39, 0.29) is 5.56 Å². The third kappa shape index (κ3) is 4.12. The first-order valence-corrected chi connectivity index (χ1v) is 7.45. The number of halogens is 1. The van der Waals surface area contributed by atoms with Gasteiger partial charge in [-0.25, -0.2) is 4.79 Å². The van der Waals surface area contributed by atoms with Crippen LogP contribution >= 0.6 is 15.9 Å². The first-order valence-electron chi connectivity index (χ1n) is 5.17. The molecule has 0 spiro atoms. The van der Waals surface area contributed by atoms with Gasteiger partial charge in [-0.3, -0.25) is 4.21 Å². The number of benzene rings is 1. The molecule has 1 aromatic carbocycles. The molecule has 0 saturated heterocycles. The van der Waals surface area contributed by atoms with Gasteiger partial charge in [-0.1, -0.05) is 13.0 Å². The summed E-state index contributed by atoms with van der Waals surface area (Å²) in [6.07, 6.45) is 0. The minimum absolute atomic E-state index is 0.204. The fraction of sp³-hybridized carbons (Fsp3) is 0.364.